The van der Waals surface area contributed by atoms with Crippen molar-refractivity contribution in [3.63, 3.8) is 0 Å². The minimum Gasteiger partial charge on any atom is -0.297 e. The lowest BCUT2D eigenvalue weighted by Gasteiger charge is -2.35. The standard InChI is InChI=1S/C22H24Cl2FN3O3S/c23-17-3-1-15(2-4-17)13-27-7-9-28(10-8-27)14-16-11-21(25)19(12-20(16)24)22(29)26-32(30,31)18-5-6-18/h1-4,11-12,18H,5-10,13-14H2,(H,26,29). The number of sulfonamides is 1. The number of piperazine rings is 1. The average molecular weight is 500 g/mol. The monoisotopic (exact) mass is 499 g/mol. The molecule has 0 atom stereocenters. The molecule has 0 unspecified atom stereocenters. The fraction of sp³-hybridized carbons (Fsp3) is 0.409. The highest BCUT2D eigenvalue weighted by Crippen LogP contribution is 2.28. The van der Waals surface area contributed by atoms with Crippen molar-refractivity contribution < 1.29 is 17.6 Å². The van der Waals surface area contributed by atoms with Crippen molar-refractivity contribution in [3.8, 4) is 0 Å². The molecule has 0 bridgehead atoms. The van der Waals surface area contributed by atoms with Crippen molar-refractivity contribution in [3.05, 3.63) is 69.0 Å². The maximum Gasteiger partial charge on any atom is 0.267 e. The van der Waals surface area contributed by atoms with Gasteiger partial charge in [0.1, 0.15) is 5.82 Å². The zero-order valence-electron chi connectivity index (χ0n) is 17.4. The van der Waals surface area contributed by atoms with Gasteiger partial charge < -0.3 is 0 Å². The number of benzene rings is 2. The van der Waals surface area contributed by atoms with Crippen LogP contribution in [0.15, 0.2) is 36.4 Å². The maximum atomic E-state index is 14.6. The molecular weight excluding hydrogens is 476 g/mol. The van der Waals surface area contributed by atoms with Crippen molar-refractivity contribution >= 4 is 39.1 Å². The first-order valence-corrected chi connectivity index (χ1v) is 12.7. The Balaban J connectivity index is 1.34. The van der Waals surface area contributed by atoms with E-state index < -0.39 is 27.0 Å². The molecule has 172 valence electrons. The Morgan fingerprint density at radius 3 is 2.19 bits per heavy atom. The predicted molar refractivity (Wildman–Crippen MR) is 123 cm³/mol. The van der Waals surface area contributed by atoms with Crippen molar-refractivity contribution in [2.75, 3.05) is 26.2 Å². The Morgan fingerprint density at radius 2 is 1.59 bits per heavy atom. The third kappa shape index (κ3) is 5.80. The van der Waals surface area contributed by atoms with Crippen LogP contribution in [0.2, 0.25) is 10.0 Å². The van der Waals surface area contributed by atoms with Gasteiger partial charge in [-0.25, -0.2) is 17.5 Å². The number of carbonyl (C=O) groups excluding carboxylic acids is 1. The van der Waals surface area contributed by atoms with Crippen LogP contribution in [0.25, 0.3) is 0 Å². The summed E-state index contributed by atoms with van der Waals surface area (Å²) in [5.74, 6) is -1.77. The molecule has 2 aromatic carbocycles. The Morgan fingerprint density at radius 1 is 1.00 bits per heavy atom. The number of amides is 1. The largest absolute Gasteiger partial charge is 0.297 e. The predicted octanol–water partition coefficient (Wildman–Crippen LogP) is 3.67. The summed E-state index contributed by atoms with van der Waals surface area (Å²) >= 11 is 12.3. The van der Waals surface area contributed by atoms with Crippen LogP contribution >= 0.6 is 23.2 Å². The highest BCUT2D eigenvalue weighted by molar-refractivity contribution is 7.91. The van der Waals surface area contributed by atoms with E-state index in [9.17, 15) is 17.6 Å². The summed E-state index contributed by atoms with van der Waals surface area (Å²) in [7, 11) is -3.76. The van der Waals surface area contributed by atoms with Gasteiger partial charge in [0.15, 0.2) is 0 Å². The normalized spacial score (nSPS) is 18.0. The van der Waals surface area contributed by atoms with Crippen LogP contribution in [0.3, 0.4) is 0 Å². The molecule has 0 radical (unpaired) electrons. The lowest BCUT2D eigenvalue weighted by Crippen LogP contribution is -2.45. The second-order valence-corrected chi connectivity index (χ2v) is 11.1. The van der Waals surface area contributed by atoms with Crippen molar-refractivity contribution in [2.24, 2.45) is 0 Å². The Labute approximate surface area is 197 Å². The van der Waals surface area contributed by atoms with E-state index in [2.05, 4.69) is 9.80 Å². The quantitative estimate of drug-likeness (QED) is 0.629. The van der Waals surface area contributed by atoms with Gasteiger partial charge in [-0.05, 0) is 48.2 Å². The SMILES string of the molecule is O=C(NS(=O)(=O)C1CC1)c1cc(Cl)c(CN2CCN(Cc3ccc(Cl)cc3)CC2)cc1F. The maximum absolute atomic E-state index is 14.6. The molecule has 1 saturated heterocycles. The summed E-state index contributed by atoms with van der Waals surface area (Å²) in [6.07, 6.45) is 1.02. The topological polar surface area (TPSA) is 69.7 Å². The second kappa shape index (κ2) is 9.65. The van der Waals surface area contributed by atoms with Crippen LogP contribution in [-0.4, -0.2) is 55.6 Å². The van der Waals surface area contributed by atoms with Gasteiger partial charge in [-0.15, -0.1) is 0 Å². The highest BCUT2D eigenvalue weighted by atomic mass is 35.5. The van der Waals surface area contributed by atoms with Crippen molar-refractivity contribution in [1.29, 1.82) is 0 Å². The molecular formula is C22H24Cl2FN3O3S. The summed E-state index contributed by atoms with van der Waals surface area (Å²) in [6, 6.07) is 10.2. The third-order valence-electron chi connectivity index (χ3n) is 5.76. The summed E-state index contributed by atoms with van der Waals surface area (Å²) in [5.41, 5.74) is 1.40. The summed E-state index contributed by atoms with van der Waals surface area (Å²) in [4.78, 5) is 16.8. The number of nitrogens with zero attached hydrogens (tertiary/aromatic N) is 2. The molecule has 1 heterocycles. The first kappa shape index (κ1) is 23.4. The Hall–Kier alpha value is -1.71. The van der Waals surface area contributed by atoms with Gasteiger partial charge in [0, 0.05) is 49.3 Å². The summed E-state index contributed by atoms with van der Waals surface area (Å²) in [6.45, 7) is 4.62. The smallest absolute Gasteiger partial charge is 0.267 e. The van der Waals surface area contributed by atoms with Crippen LogP contribution in [0.4, 0.5) is 4.39 Å². The molecule has 0 aromatic heterocycles. The van der Waals surface area contributed by atoms with Crippen LogP contribution in [0.5, 0.6) is 0 Å². The third-order valence-corrected chi connectivity index (χ3v) is 8.18. The van der Waals surface area contributed by atoms with Crippen molar-refractivity contribution in [2.45, 2.75) is 31.2 Å². The number of hydrogen-bond donors (Lipinski definition) is 1. The van der Waals surface area contributed by atoms with Gasteiger partial charge in [-0.2, -0.15) is 0 Å². The first-order valence-electron chi connectivity index (χ1n) is 10.4. The molecule has 1 N–H and O–H groups in total. The molecule has 32 heavy (non-hydrogen) atoms. The van der Waals surface area contributed by atoms with Gasteiger partial charge in [0.2, 0.25) is 10.0 Å². The van der Waals surface area contributed by atoms with E-state index in [1.165, 1.54) is 17.7 Å². The first-order chi connectivity index (χ1) is 15.2. The molecule has 2 aliphatic rings. The van der Waals surface area contributed by atoms with E-state index in [4.69, 9.17) is 23.2 Å². The van der Waals surface area contributed by atoms with Gasteiger partial charge in [0.25, 0.3) is 5.91 Å². The number of halogens is 3. The molecule has 10 heteroatoms. The van der Waals surface area contributed by atoms with E-state index in [1.807, 2.05) is 29.0 Å². The highest BCUT2D eigenvalue weighted by Gasteiger charge is 2.37. The Kier molecular flexibility index (Phi) is 7.07. The second-order valence-electron chi connectivity index (χ2n) is 8.28. The van der Waals surface area contributed by atoms with Gasteiger partial charge in [-0.1, -0.05) is 35.3 Å². The Bertz CT molecular complexity index is 1100. The van der Waals surface area contributed by atoms with E-state index >= 15 is 0 Å². The number of hydrogen-bond acceptors (Lipinski definition) is 5. The van der Waals surface area contributed by atoms with Gasteiger partial charge in [-0.3, -0.25) is 14.6 Å². The van der Waals surface area contributed by atoms with E-state index in [0.717, 1.165) is 37.7 Å². The minimum atomic E-state index is -3.76. The van der Waals surface area contributed by atoms with Gasteiger partial charge in [0.05, 0.1) is 10.8 Å². The van der Waals surface area contributed by atoms with Crippen LogP contribution in [-0.2, 0) is 23.1 Å². The zero-order valence-corrected chi connectivity index (χ0v) is 19.7. The molecule has 4 rings (SSSR count). The lowest BCUT2D eigenvalue weighted by atomic mass is 10.1. The number of rotatable bonds is 7. The number of carbonyl (C=O) groups is 1. The molecule has 1 amide bonds. The molecule has 2 aromatic rings. The fourth-order valence-electron chi connectivity index (χ4n) is 3.72. The fourth-order valence-corrected chi connectivity index (χ4v) is 5.36. The van der Waals surface area contributed by atoms with E-state index in [-0.39, 0.29) is 10.6 Å². The van der Waals surface area contributed by atoms with Crippen molar-refractivity contribution in [1.82, 2.24) is 14.5 Å². The molecule has 2 fully saturated rings. The van der Waals surface area contributed by atoms with Gasteiger partial charge >= 0.3 is 0 Å². The van der Waals surface area contributed by atoms with Crippen LogP contribution < -0.4 is 4.72 Å². The van der Waals surface area contributed by atoms with E-state index in [1.54, 1.807) is 0 Å². The van der Waals surface area contributed by atoms with E-state index in [0.29, 0.717) is 24.9 Å². The zero-order chi connectivity index (χ0) is 22.9. The average Bonchev–Trinajstić information content (AvgIpc) is 3.59. The van der Waals surface area contributed by atoms with Crippen LogP contribution in [0.1, 0.15) is 34.3 Å². The minimum absolute atomic E-state index is 0.240. The van der Waals surface area contributed by atoms with Crippen LogP contribution in [0, 0.1) is 5.82 Å². The molecule has 6 nitrogen and oxygen atoms in total. The summed E-state index contributed by atoms with van der Waals surface area (Å²) in [5, 5.41) is 0.391. The molecule has 1 aliphatic carbocycles. The number of nitrogens with one attached hydrogen (secondary N) is 1. The molecule has 0 spiro atoms. The molecule has 1 saturated carbocycles. The molecule has 1 aliphatic heterocycles. The summed E-state index contributed by atoms with van der Waals surface area (Å²) < 4.78 is 40.5. The lowest BCUT2D eigenvalue weighted by molar-refractivity contribution is 0.0977.